The van der Waals surface area contributed by atoms with Crippen LogP contribution in [0.3, 0.4) is 0 Å². The average molecular weight is 366 g/mol. The molecule has 2 atom stereocenters. The Balaban J connectivity index is 2.43. The normalized spacial score (nSPS) is 21.6. The highest BCUT2D eigenvalue weighted by Crippen LogP contribution is 2.31. The van der Waals surface area contributed by atoms with Crippen LogP contribution in [0.4, 0.5) is 11.4 Å². The van der Waals surface area contributed by atoms with E-state index in [1.807, 2.05) is 0 Å². The Morgan fingerprint density at radius 1 is 1.15 bits per heavy atom. The largest absolute Gasteiger partial charge is 0.441 e. The van der Waals surface area contributed by atoms with Gasteiger partial charge in [-0.2, -0.15) is 0 Å². The summed E-state index contributed by atoms with van der Waals surface area (Å²) >= 11 is 0. The van der Waals surface area contributed by atoms with Crippen LogP contribution in [0.5, 0.6) is 0 Å². The Morgan fingerprint density at radius 2 is 1.73 bits per heavy atom. The standard InChI is InChI=1S/C15H14N2O9/c1-24-8-15(12(18)3-4-13(15)25-2)26-14(19)9-5-10(16(20)21)7-11(6-9)17(22)23/h3-7,13H,8H2,1-2H3/t13-,15-/m0/s1. The highest BCUT2D eigenvalue weighted by atomic mass is 16.6. The molecule has 0 aliphatic heterocycles. The molecular weight excluding hydrogens is 352 g/mol. The molecular formula is C15H14N2O9. The van der Waals surface area contributed by atoms with Gasteiger partial charge in [0.15, 0.2) is 0 Å². The number of nitrogens with zero attached hydrogens (tertiary/aromatic N) is 2. The second-order valence-electron chi connectivity index (χ2n) is 5.34. The third-order valence-corrected chi connectivity index (χ3v) is 3.75. The Bertz CT molecular complexity index is 772. The van der Waals surface area contributed by atoms with Gasteiger partial charge in [-0.1, -0.05) is 0 Å². The molecule has 138 valence electrons. The smallest absolute Gasteiger partial charge is 0.339 e. The van der Waals surface area contributed by atoms with E-state index in [-0.39, 0.29) is 6.61 Å². The molecule has 0 saturated heterocycles. The van der Waals surface area contributed by atoms with Crippen molar-refractivity contribution in [3.8, 4) is 0 Å². The Kier molecular flexibility index (Phi) is 5.43. The van der Waals surface area contributed by atoms with Crippen LogP contribution in [-0.2, 0) is 19.0 Å². The average Bonchev–Trinajstić information content (AvgIpc) is 2.90. The second kappa shape index (κ2) is 7.37. The van der Waals surface area contributed by atoms with Crippen LogP contribution in [0.25, 0.3) is 0 Å². The molecule has 0 saturated carbocycles. The molecule has 0 N–H and O–H groups in total. The molecule has 1 aliphatic carbocycles. The quantitative estimate of drug-likeness (QED) is 0.394. The van der Waals surface area contributed by atoms with Crippen molar-refractivity contribution in [1.82, 2.24) is 0 Å². The SMILES string of the molecule is COC[C@]1(OC(=O)c2cc([N+](=O)[O-])cc([N+](=O)[O-])c2)C(=O)C=C[C@@H]1OC. The maximum atomic E-state index is 12.5. The Labute approximate surface area is 146 Å². The predicted molar refractivity (Wildman–Crippen MR) is 84.7 cm³/mol. The Morgan fingerprint density at radius 3 is 2.19 bits per heavy atom. The van der Waals surface area contributed by atoms with E-state index in [0.29, 0.717) is 6.07 Å². The molecule has 11 nitrogen and oxygen atoms in total. The summed E-state index contributed by atoms with van der Waals surface area (Å²) in [6.07, 6.45) is 1.61. The molecule has 0 unspecified atom stereocenters. The number of hydrogen-bond acceptors (Lipinski definition) is 9. The number of rotatable bonds is 7. The van der Waals surface area contributed by atoms with E-state index in [1.54, 1.807) is 0 Å². The van der Waals surface area contributed by atoms with Gasteiger partial charge in [-0.3, -0.25) is 25.0 Å². The number of non-ortho nitro benzene ring substituents is 2. The van der Waals surface area contributed by atoms with Crippen LogP contribution in [0.15, 0.2) is 30.4 Å². The molecule has 2 rings (SSSR count). The maximum Gasteiger partial charge on any atom is 0.339 e. The van der Waals surface area contributed by atoms with Gasteiger partial charge >= 0.3 is 5.97 Å². The van der Waals surface area contributed by atoms with Crippen molar-refractivity contribution >= 4 is 23.1 Å². The zero-order valence-corrected chi connectivity index (χ0v) is 13.7. The number of esters is 1. The van der Waals surface area contributed by atoms with E-state index in [1.165, 1.54) is 20.3 Å². The van der Waals surface area contributed by atoms with Crippen LogP contribution in [0.1, 0.15) is 10.4 Å². The highest BCUT2D eigenvalue weighted by Gasteiger charge is 2.51. The first-order chi connectivity index (χ1) is 12.2. The predicted octanol–water partition coefficient (Wildman–Crippen LogP) is 1.20. The van der Waals surface area contributed by atoms with Crippen molar-refractivity contribution in [2.45, 2.75) is 11.7 Å². The number of ether oxygens (including phenoxy) is 3. The summed E-state index contributed by atoms with van der Waals surface area (Å²) in [7, 11) is 2.58. The van der Waals surface area contributed by atoms with Gasteiger partial charge in [0.2, 0.25) is 11.4 Å². The zero-order valence-electron chi connectivity index (χ0n) is 13.7. The van der Waals surface area contributed by atoms with Gasteiger partial charge in [0.25, 0.3) is 11.4 Å². The lowest BCUT2D eigenvalue weighted by Gasteiger charge is -2.31. The van der Waals surface area contributed by atoms with Crippen LogP contribution in [-0.4, -0.2) is 54.1 Å². The molecule has 0 spiro atoms. The Hall–Kier alpha value is -3.18. The first-order valence-corrected chi connectivity index (χ1v) is 7.16. The molecule has 0 aromatic heterocycles. The molecule has 26 heavy (non-hydrogen) atoms. The lowest BCUT2D eigenvalue weighted by molar-refractivity contribution is -0.394. The number of benzene rings is 1. The number of ketones is 1. The highest BCUT2D eigenvalue weighted by molar-refractivity contribution is 6.03. The molecule has 11 heteroatoms. The van der Waals surface area contributed by atoms with Gasteiger partial charge in [-0.05, 0) is 12.2 Å². The number of nitro groups is 2. The number of hydrogen-bond donors (Lipinski definition) is 0. The van der Waals surface area contributed by atoms with Crippen LogP contribution in [0.2, 0.25) is 0 Å². The van der Waals surface area contributed by atoms with Gasteiger partial charge < -0.3 is 14.2 Å². The summed E-state index contributed by atoms with van der Waals surface area (Å²) in [4.78, 5) is 44.8. The van der Waals surface area contributed by atoms with Crippen molar-refractivity contribution in [2.75, 3.05) is 20.8 Å². The van der Waals surface area contributed by atoms with E-state index in [2.05, 4.69) is 0 Å². The fourth-order valence-corrected chi connectivity index (χ4v) is 2.53. The molecule has 1 aromatic rings. The van der Waals surface area contributed by atoms with Crippen molar-refractivity contribution in [3.05, 3.63) is 56.1 Å². The third kappa shape index (κ3) is 3.43. The summed E-state index contributed by atoms with van der Waals surface area (Å²) in [5.74, 6) is -1.76. The van der Waals surface area contributed by atoms with E-state index in [9.17, 15) is 29.8 Å². The van der Waals surface area contributed by atoms with E-state index >= 15 is 0 Å². The summed E-state index contributed by atoms with van der Waals surface area (Å²) < 4.78 is 15.4. The first kappa shape index (κ1) is 19.1. The molecule has 1 aliphatic rings. The van der Waals surface area contributed by atoms with E-state index < -0.39 is 50.2 Å². The van der Waals surface area contributed by atoms with Crippen molar-refractivity contribution < 1.29 is 33.6 Å². The number of nitro benzene ring substituents is 2. The van der Waals surface area contributed by atoms with Crippen molar-refractivity contribution in [2.24, 2.45) is 0 Å². The van der Waals surface area contributed by atoms with Crippen molar-refractivity contribution in [3.63, 3.8) is 0 Å². The summed E-state index contributed by atoms with van der Waals surface area (Å²) in [6, 6.07) is 2.36. The van der Waals surface area contributed by atoms with Crippen LogP contribution in [0, 0.1) is 20.2 Å². The fraction of sp³-hybridized carbons (Fsp3) is 0.333. The molecule has 0 amide bonds. The van der Waals surface area contributed by atoms with E-state index in [0.717, 1.165) is 18.2 Å². The minimum atomic E-state index is -1.82. The molecule has 1 aromatic carbocycles. The zero-order chi connectivity index (χ0) is 19.5. The van der Waals surface area contributed by atoms with Gasteiger partial charge in [-0.25, -0.2) is 4.79 Å². The number of carbonyl (C=O) groups excluding carboxylic acids is 2. The topological polar surface area (TPSA) is 148 Å². The maximum absolute atomic E-state index is 12.5. The number of carbonyl (C=O) groups is 2. The third-order valence-electron chi connectivity index (χ3n) is 3.75. The molecule has 0 heterocycles. The molecule has 0 bridgehead atoms. The molecule has 0 fully saturated rings. The van der Waals surface area contributed by atoms with Crippen LogP contribution >= 0.6 is 0 Å². The van der Waals surface area contributed by atoms with E-state index in [4.69, 9.17) is 14.2 Å². The summed E-state index contributed by atoms with van der Waals surface area (Å²) in [5.41, 5.74) is -3.59. The number of methoxy groups -OCH3 is 2. The second-order valence-corrected chi connectivity index (χ2v) is 5.34. The monoisotopic (exact) mass is 366 g/mol. The van der Waals surface area contributed by atoms with Crippen LogP contribution < -0.4 is 0 Å². The summed E-state index contributed by atoms with van der Waals surface area (Å²) in [6.45, 7) is -0.333. The fourth-order valence-electron chi connectivity index (χ4n) is 2.53. The van der Waals surface area contributed by atoms with Gasteiger partial charge in [0.05, 0.1) is 28.1 Å². The molecule has 0 radical (unpaired) electrons. The summed E-state index contributed by atoms with van der Waals surface area (Å²) in [5, 5.41) is 21.9. The first-order valence-electron chi connectivity index (χ1n) is 7.16. The van der Waals surface area contributed by atoms with Gasteiger partial charge in [0.1, 0.15) is 6.10 Å². The minimum Gasteiger partial charge on any atom is -0.441 e. The lowest BCUT2D eigenvalue weighted by Crippen LogP contribution is -2.53. The minimum absolute atomic E-state index is 0.333. The lowest BCUT2D eigenvalue weighted by atomic mass is 9.98. The van der Waals surface area contributed by atoms with Gasteiger partial charge in [0, 0.05) is 26.4 Å². The van der Waals surface area contributed by atoms with Crippen molar-refractivity contribution in [1.29, 1.82) is 0 Å². The van der Waals surface area contributed by atoms with Gasteiger partial charge in [-0.15, -0.1) is 0 Å².